The molecule has 0 fully saturated rings. The lowest BCUT2D eigenvalue weighted by Gasteiger charge is -2.25. The van der Waals surface area contributed by atoms with Crippen molar-refractivity contribution in [2.24, 2.45) is 0 Å². The van der Waals surface area contributed by atoms with Gasteiger partial charge in [-0.2, -0.15) is 0 Å². The zero-order chi connectivity index (χ0) is 18.8. The van der Waals surface area contributed by atoms with Gasteiger partial charge < -0.3 is 19.1 Å². The number of rotatable bonds is 12. The van der Waals surface area contributed by atoms with Crippen LogP contribution in [0.25, 0.3) is 0 Å². The van der Waals surface area contributed by atoms with Crippen LogP contribution in [0.5, 0.6) is 0 Å². The van der Waals surface area contributed by atoms with Gasteiger partial charge in [-0.1, -0.05) is 18.2 Å². The van der Waals surface area contributed by atoms with E-state index in [1.165, 1.54) is 6.07 Å². The van der Waals surface area contributed by atoms with Gasteiger partial charge in [-0.15, -0.1) is 0 Å². The van der Waals surface area contributed by atoms with Crippen molar-refractivity contribution >= 4 is 0 Å². The van der Waals surface area contributed by atoms with E-state index < -0.39 is 6.10 Å². The Bertz CT molecular complexity index is 647. The third-order valence-electron chi connectivity index (χ3n) is 4.26. The standard InChI is InChI=1S/C20H29FN2O3/c1-25-12-6-10-22(15-19(24)16-26-2)14-18-8-5-11-23(18)13-17-7-3-4-9-20(17)21/h3-5,7-9,11,19,24H,6,10,12-16H2,1-2H3/t19-/m0/s1. The van der Waals surface area contributed by atoms with Crippen LogP contribution >= 0.6 is 0 Å². The van der Waals surface area contributed by atoms with Crippen molar-refractivity contribution in [2.45, 2.75) is 25.6 Å². The van der Waals surface area contributed by atoms with E-state index >= 15 is 0 Å². The lowest BCUT2D eigenvalue weighted by Crippen LogP contribution is -2.36. The summed E-state index contributed by atoms with van der Waals surface area (Å²) in [5, 5.41) is 10.1. The van der Waals surface area contributed by atoms with Crippen molar-refractivity contribution in [3.8, 4) is 0 Å². The van der Waals surface area contributed by atoms with Crippen LogP contribution < -0.4 is 0 Å². The van der Waals surface area contributed by atoms with E-state index in [1.54, 1.807) is 26.4 Å². The predicted molar refractivity (Wildman–Crippen MR) is 99.6 cm³/mol. The molecular formula is C20H29FN2O3. The fourth-order valence-corrected chi connectivity index (χ4v) is 3.00. The van der Waals surface area contributed by atoms with Crippen LogP contribution in [0.3, 0.4) is 0 Å². The SMILES string of the molecule is COCCCN(Cc1cccn1Cc1ccccc1F)C[C@H](O)COC. The van der Waals surface area contributed by atoms with E-state index in [0.29, 0.717) is 38.4 Å². The molecule has 5 nitrogen and oxygen atoms in total. The first kappa shape index (κ1) is 20.6. The second kappa shape index (κ2) is 11.1. The van der Waals surface area contributed by atoms with Crippen molar-refractivity contribution in [1.29, 1.82) is 0 Å². The van der Waals surface area contributed by atoms with Crippen LogP contribution in [0.4, 0.5) is 4.39 Å². The van der Waals surface area contributed by atoms with E-state index in [-0.39, 0.29) is 5.82 Å². The number of aliphatic hydroxyl groups is 1. The molecule has 2 rings (SSSR count). The summed E-state index contributed by atoms with van der Waals surface area (Å²) in [6, 6.07) is 10.8. The Labute approximate surface area is 155 Å². The average Bonchev–Trinajstić information content (AvgIpc) is 3.04. The second-order valence-corrected chi connectivity index (χ2v) is 6.41. The minimum Gasteiger partial charge on any atom is -0.389 e. The first-order chi connectivity index (χ1) is 12.6. The molecule has 1 N–H and O–H groups in total. The highest BCUT2D eigenvalue weighted by Gasteiger charge is 2.14. The van der Waals surface area contributed by atoms with Crippen LogP contribution in [0.1, 0.15) is 17.7 Å². The summed E-state index contributed by atoms with van der Waals surface area (Å²) in [7, 11) is 3.27. The largest absolute Gasteiger partial charge is 0.389 e. The minimum absolute atomic E-state index is 0.195. The summed E-state index contributed by atoms with van der Waals surface area (Å²) in [5.41, 5.74) is 1.74. The van der Waals surface area contributed by atoms with Gasteiger partial charge in [-0.3, -0.25) is 4.90 Å². The Morgan fingerprint density at radius 3 is 2.69 bits per heavy atom. The molecular weight excluding hydrogens is 335 g/mol. The van der Waals surface area contributed by atoms with E-state index in [2.05, 4.69) is 4.90 Å². The fourth-order valence-electron chi connectivity index (χ4n) is 3.00. The van der Waals surface area contributed by atoms with Gasteiger partial charge in [-0.25, -0.2) is 4.39 Å². The van der Waals surface area contributed by atoms with Crippen LogP contribution in [0.15, 0.2) is 42.6 Å². The predicted octanol–water partition coefficient (Wildman–Crippen LogP) is 2.52. The molecule has 1 aromatic carbocycles. The van der Waals surface area contributed by atoms with Gasteiger partial charge in [0, 0.05) is 57.9 Å². The summed E-state index contributed by atoms with van der Waals surface area (Å²) in [6.45, 7) is 3.46. The Morgan fingerprint density at radius 1 is 1.15 bits per heavy atom. The molecule has 1 atom stereocenters. The number of nitrogens with zero attached hydrogens (tertiary/aromatic N) is 2. The molecule has 0 saturated carbocycles. The van der Waals surface area contributed by atoms with Gasteiger partial charge >= 0.3 is 0 Å². The third-order valence-corrected chi connectivity index (χ3v) is 4.26. The first-order valence-corrected chi connectivity index (χ1v) is 8.89. The fraction of sp³-hybridized carbons (Fsp3) is 0.500. The molecule has 0 spiro atoms. The molecule has 1 aromatic heterocycles. The summed E-state index contributed by atoms with van der Waals surface area (Å²) >= 11 is 0. The zero-order valence-corrected chi connectivity index (χ0v) is 15.6. The molecule has 144 valence electrons. The molecule has 0 aliphatic carbocycles. The number of aliphatic hydroxyl groups excluding tert-OH is 1. The summed E-state index contributed by atoms with van der Waals surface area (Å²) < 4.78 is 26.2. The van der Waals surface area contributed by atoms with Gasteiger partial charge in [0.25, 0.3) is 0 Å². The van der Waals surface area contributed by atoms with Crippen LogP contribution in [-0.2, 0) is 22.6 Å². The van der Waals surface area contributed by atoms with Crippen molar-refractivity contribution < 1.29 is 19.0 Å². The Morgan fingerprint density at radius 2 is 1.96 bits per heavy atom. The maximum absolute atomic E-state index is 14.0. The van der Waals surface area contributed by atoms with E-state index in [0.717, 1.165) is 18.7 Å². The highest BCUT2D eigenvalue weighted by Crippen LogP contribution is 2.14. The van der Waals surface area contributed by atoms with Crippen LogP contribution in [-0.4, -0.2) is 61.2 Å². The Kier molecular flexibility index (Phi) is 8.77. The molecule has 0 saturated heterocycles. The molecule has 1 heterocycles. The molecule has 0 bridgehead atoms. The van der Waals surface area contributed by atoms with Gasteiger partial charge in [0.05, 0.1) is 19.3 Å². The topological polar surface area (TPSA) is 46.9 Å². The zero-order valence-electron chi connectivity index (χ0n) is 15.6. The van der Waals surface area contributed by atoms with E-state index in [1.807, 2.05) is 29.0 Å². The molecule has 0 amide bonds. The number of hydrogen-bond donors (Lipinski definition) is 1. The normalized spacial score (nSPS) is 12.7. The minimum atomic E-state index is -0.544. The highest BCUT2D eigenvalue weighted by atomic mass is 19.1. The summed E-state index contributed by atoms with van der Waals surface area (Å²) in [5.74, 6) is -0.195. The smallest absolute Gasteiger partial charge is 0.128 e. The van der Waals surface area contributed by atoms with Gasteiger partial charge in [-0.05, 0) is 24.6 Å². The molecule has 26 heavy (non-hydrogen) atoms. The first-order valence-electron chi connectivity index (χ1n) is 8.89. The lowest BCUT2D eigenvalue weighted by molar-refractivity contribution is 0.0332. The van der Waals surface area contributed by atoms with Crippen molar-refractivity contribution in [2.75, 3.05) is 40.5 Å². The molecule has 0 radical (unpaired) electrons. The molecule has 0 unspecified atom stereocenters. The average molecular weight is 364 g/mol. The summed E-state index contributed by atoms with van der Waals surface area (Å²) in [6.07, 6.45) is 2.29. The Balaban J connectivity index is 2.05. The molecule has 6 heteroatoms. The number of methoxy groups -OCH3 is 2. The number of halogens is 1. The number of hydrogen-bond acceptors (Lipinski definition) is 4. The highest BCUT2D eigenvalue weighted by molar-refractivity contribution is 5.19. The maximum Gasteiger partial charge on any atom is 0.128 e. The molecule has 0 aliphatic rings. The van der Waals surface area contributed by atoms with E-state index in [9.17, 15) is 9.50 Å². The summed E-state index contributed by atoms with van der Waals surface area (Å²) in [4.78, 5) is 2.18. The molecule has 2 aromatic rings. The maximum atomic E-state index is 14.0. The van der Waals surface area contributed by atoms with Gasteiger partial charge in [0.1, 0.15) is 5.82 Å². The van der Waals surface area contributed by atoms with Crippen molar-refractivity contribution in [1.82, 2.24) is 9.47 Å². The van der Waals surface area contributed by atoms with Crippen molar-refractivity contribution in [3.63, 3.8) is 0 Å². The number of ether oxygens (including phenoxy) is 2. The third kappa shape index (κ3) is 6.53. The lowest BCUT2D eigenvalue weighted by atomic mass is 10.2. The van der Waals surface area contributed by atoms with Crippen molar-refractivity contribution in [3.05, 3.63) is 59.7 Å². The quantitative estimate of drug-likeness (QED) is 0.588. The Hall–Kier alpha value is -1.73. The van der Waals surface area contributed by atoms with Gasteiger partial charge in [0.15, 0.2) is 0 Å². The monoisotopic (exact) mass is 364 g/mol. The molecule has 0 aliphatic heterocycles. The number of aromatic nitrogens is 1. The van der Waals surface area contributed by atoms with Gasteiger partial charge in [0.2, 0.25) is 0 Å². The van der Waals surface area contributed by atoms with E-state index in [4.69, 9.17) is 9.47 Å². The van der Waals surface area contributed by atoms with Crippen LogP contribution in [0.2, 0.25) is 0 Å². The second-order valence-electron chi connectivity index (χ2n) is 6.41. The number of benzene rings is 1. The van der Waals surface area contributed by atoms with Crippen LogP contribution in [0, 0.1) is 5.82 Å².